The second-order valence-electron chi connectivity index (χ2n) is 24.7. The van der Waals surface area contributed by atoms with Crippen LogP contribution in [0.15, 0.2) is 130 Å². The Balaban J connectivity index is 1.17. The van der Waals surface area contributed by atoms with E-state index in [0.29, 0.717) is 0 Å². The minimum absolute atomic E-state index is 0.0134. The van der Waals surface area contributed by atoms with Crippen molar-refractivity contribution < 1.29 is 8.83 Å². The van der Waals surface area contributed by atoms with Crippen molar-refractivity contribution in [2.45, 2.75) is 129 Å². The molecule has 0 radical (unpaired) electrons. The first-order valence-corrected chi connectivity index (χ1v) is 25.5. The lowest BCUT2D eigenvalue weighted by Gasteiger charge is -2.45. The topological polar surface area (TPSA) is 32.8 Å². The lowest BCUT2D eigenvalue weighted by Crippen LogP contribution is -2.61. The molecule has 7 aromatic carbocycles. The smallest absolute Gasteiger partial charge is 0.376 e. The first kappa shape index (κ1) is 41.5. The van der Waals surface area contributed by atoms with Gasteiger partial charge in [0.15, 0.2) is 0 Å². The predicted octanol–water partition coefficient (Wildman–Crippen LogP) is 16.4. The van der Waals surface area contributed by atoms with Gasteiger partial charge >= 0.3 is 6.85 Å². The number of benzene rings is 7. The highest BCUT2D eigenvalue weighted by molar-refractivity contribution is 6.93. The summed E-state index contributed by atoms with van der Waals surface area (Å²) in [6.45, 7) is 26.2. The molecule has 0 saturated heterocycles. The van der Waals surface area contributed by atoms with Gasteiger partial charge in [0, 0.05) is 55.5 Å². The maximum absolute atomic E-state index is 7.74. The van der Waals surface area contributed by atoms with Gasteiger partial charge in [0.1, 0.15) is 22.4 Å². The summed E-state index contributed by atoms with van der Waals surface area (Å²) in [5, 5.41) is 3.44. The molecule has 0 amide bonds. The molecule has 3 aliphatic carbocycles. The van der Waals surface area contributed by atoms with E-state index in [0.717, 1.165) is 69.4 Å². The molecule has 0 bridgehead atoms. The first-order chi connectivity index (χ1) is 32.8. The molecule has 5 aliphatic rings. The Labute approximate surface area is 407 Å². The van der Waals surface area contributed by atoms with E-state index in [1.807, 2.05) is 0 Å². The first-order valence-electron chi connectivity index (χ1n) is 25.5. The van der Waals surface area contributed by atoms with Gasteiger partial charge in [0.05, 0.1) is 5.69 Å². The summed E-state index contributed by atoms with van der Waals surface area (Å²) >= 11 is 0. The van der Waals surface area contributed by atoms with Crippen molar-refractivity contribution in [1.29, 1.82) is 0 Å². The molecule has 4 nitrogen and oxygen atoms in total. The van der Waals surface area contributed by atoms with Gasteiger partial charge in [-0.25, -0.2) is 0 Å². The van der Waals surface area contributed by atoms with Gasteiger partial charge in [-0.15, -0.1) is 0 Å². The fraction of sp³-hybridized carbons (Fsp3) is 0.312. The van der Waals surface area contributed by atoms with Crippen molar-refractivity contribution >= 4 is 79.3 Å². The summed E-state index contributed by atoms with van der Waals surface area (Å²) in [4.78, 5) is 5.24. The van der Waals surface area contributed by atoms with Crippen LogP contribution in [-0.4, -0.2) is 6.85 Å². The number of anilines is 5. The van der Waals surface area contributed by atoms with E-state index in [9.17, 15) is 0 Å². The van der Waals surface area contributed by atoms with Crippen LogP contribution in [0.4, 0.5) is 28.4 Å². The highest BCUT2D eigenvalue weighted by Gasteiger charge is 2.52. The molecular weight excluding hydrogens is 840 g/mol. The molecule has 5 heteroatoms. The third kappa shape index (κ3) is 5.43. The van der Waals surface area contributed by atoms with Gasteiger partial charge in [-0.05, 0) is 165 Å². The Hall–Kier alpha value is -6.46. The quantitative estimate of drug-likeness (QED) is 0.162. The van der Waals surface area contributed by atoms with Gasteiger partial charge in [-0.2, -0.15) is 0 Å². The van der Waals surface area contributed by atoms with E-state index in [1.54, 1.807) is 0 Å². The summed E-state index contributed by atoms with van der Waals surface area (Å²) in [5.41, 5.74) is 25.4. The SMILES string of the molecule is Cc1ccc(N2B3c4oc5cc6c(cc5c4N(c4ccc5c(c4)C(C)(C)CCC5(C)C)c4cc5c(oc7ccccc75)c(c43)-c3cc4c(cc32)C(C)(C)c2ccccc2-4)C(C)(C)CCC6(C)C)cc1. The zero-order chi connectivity index (χ0) is 47.5. The summed E-state index contributed by atoms with van der Waals surface area (Å²) in [5.74, 6) is 0. The molecular formula is C64H61BN2O2. The molecule has 0 unspecified atom stereocenters. The second-order valence-corrected chi connectivity index (χ2v) is 24.7. The number of nitrogens with zero attached hydrogens (tertiary/aromatic N) is 2. The van der Waals surface area contributed by atoms with Crippen molar-refractivity contribution in [3.8, 4) is 22.3 Å². The minimum atomic E-state index is -0.308. The maximum atomic E-state index is 7.74. The average Bonchev–Trinajstić information content (AvgIpc) is 3.96. The molecule has 0 saturated carbocycles. The Morgan fingerprint density at radius 3 is 1.84 bits per heavy atom. The standard InChI is InChI=1S/C64H61BN2O2/c1-36-20-22-37(23-21-36)67-51-34-47-41(39-16-12-14-18-45(39)64(47,10)11)31-43(51)55-56-52(33-42-40-17-13-15-19-53(40)68-58(42)55)66(38-24-25-46-48(30-38)61(4,5)27-26-60(46,2)3)57-44-32-49-50(35-54(44)69-59(57)65(56)67)63(8,9)29-28-62(49,6)7/h12-25,30-35H,26-29H2,1-11H3. The zero-order valence-corrected chi connectivity index (χ0v) is 42.2. The molecule has 2 aromatic heterocycles. The van der Waals surface area contributed by atoms with Gasteiger partial charge in [0.2, 0.25) is 0 Å². The van der Waals surface area contributed by atoms with Crippen LogP contribution in [0.5, 0.6) is 0 Å². The third-order valence-electron chi connectivity index (χ3n) is 18.2. The monoisotopic (exact) mass is 900 g/mol. The molecule has 0 atom stereocenters. The molecule has 0 N–H and O–H groups in total. The van der Waals surface area contributed by atoms with Gasteiger partial charge in [0.25, 0.3) is 0 Å². The van der Waals surface area contributed by atoms with Crippen LogP contribution in [0, 0.1) is 6.92 Å². The van der Waals surface area contributed by atoms with Gasteiger partial charge < -0.3 is 18.5 Å². The number of rotatable bonds is 2. The average molecular weight is 901 g/mol. The fourth-order valence-electron chi connectivity index (χ4n) is 13.9. The van der Waals surface area contributed by atoms with Crippen LogP contribution in [-0.2, 0) is 27.1 Å². The van der Waals surface area contributed by atoms with E-state index < -0.39 is 0 Å². The summed E-state index contributed by atoms with van der Waals surface area (Å²) in [6, 6.07) is 46.8. The molecule has 0 spiro atoms. The van der Waals surface area contributed by atoms with Crippen molar-refractivity contribution in [1.82, 2.24) is 0 Å². The number of hydrogen-bond donors (Lipinski definition) is 0. The van der Waals surface area contributed by atoms with Gasteiger partial charge in [-0.1, -0.05) is 135 Å². The highest BCUT2D eigenvalue weighted by Crippen LogP contribution is 2.58. The van der Waals surface area contributed by atoms with Crippen LogP contribution in [0.1, 0.15) is 134 Å². The maximum Gasteiger partial charge on any atom is 0.376 e. The highest BCUT2D eigenvalue weighted by atomic mass is 16.3. The van der Waals surface area contributed by atoms with Gasteiger partial charge in [-0.3, -0.25) is 0 Å². The van der Waals surface area contributed by atoms with Crippen LogP contribution in [0.3, 0.4) is 0 Å². The second kappa shape index (κ2) is 13.2. The molecule has 2 aliphatic heterocycles. The lowest BCUT2D eigenvalue weighted by atomic mass is 9.45. The molecule has 342 valence electrons. The lowest BCUT2D eigenvalue weighted by molar-refractivity contribution is 0.332. The largest absolute Gasteiger partial charge is 0.466 e. The van der Waals surface area contributed by atoms with Crippen molar-refractivity contribution in [2.75, 3.05) is 9.71 Å². The number of fused-ring (bicyclic) bond motifs is 15. The van der Waals surface area contributed by atoms with E-state index in [2.05, 4.69) is 207 Å². The Kier molecular flexibility index (Phi) is 7.96. The van der Waals surface area contributed by atoms with Crippen molar-refractivity contribution in [2.24, 2.45) is 0 Å². The third-order valence-corrected chi connectivity index (χ3v) is 18.2. The molecule has 4 heterocycles. The van der Waals surface area contributed by atoms with E-state index >= 15 is 0 Å². The van der Waals surface area contributed by atoms with E-state index in [1.165, 1.54) is 90.0 Å². The normalized spacial score (nSPS) is 19.2. The number of hydrogen-bond acceptors (Lipinski definition) is 4. The van der Waals surface area contributed by atoms with E-state index in [-0.39, 0.29) is 33.9 Å². The van der Waals surface area contributed by atoms with Crippen molar-refractivity contribution in [3.05, 3.63) is 160 Å². The summed E-state index contributed by atoms with van der Waals surface area (Å²) in [7, 11) is 0. The van der Waals surface area contributed by atoms with Crippen LogP contribution >= 0.6 is 0 Å². The summed E-state index contributed by atoms with van der Waals surface area (Å²) < 4.78 is 15.0. The van der Waals surface area contributed by atoms with Crippen LogP contribution < -0.4 is 20.8 Å². The zero-order valence-electron chi connectivity index (χ0n) is 42.2. The molecule has 14 rings (SSSR count). The number of para-hydroxylation sites is 1. The number of furan rings is 2. The van der Waals surface area contributed by atoms with Crippen LogP contribution in [0.2, 0.25) is 0 Å². The fourth-order valence-corrected chi connectivity index (χ4v) is 13.9. The van der Waals surface area contributed by atoms with Crippen molar-refractivity contribution in [3.63, 3.8) is 0 Å². The number of aryl methyl sites for hydroxylation is 1. The Bertz CT molecular complexity index is 3740. The van der Waals surface area contributed by atoms with Crippen LogP contribution in [0.25, 0.3) is 55.2 Å². The minimum Gasteiger partial charge on any atom is -0.466 e. The Morgan fingerprint density at radius 1 is 0.464 bits per heavy atom. The molecule has 0 fully saturated rings. The predicted molar refractivity (Wildman–Crippen MR) is 290 cm³/mol. The Morgan fingerprint density at radius 2 is 1.10 bits per heavy atom. The van der Waals surface area contributed by atoms with E-state index in [4.69, 9.17) is 8.83 Å². The molecule has 9 aromatic rings. The summed E-state index contributed by atoms with van der Waals surface area (Å²) in [6.07, 6.45) is 4.59. The molecule has 69 heavy (non-hydrogen) atoms.